The zero-order valence-electron chi connectivity index (χ0n) is 16.6. The molecule has 0 saturated carbocycles. The van der Waals surface area contributed by atoms with Crippen molar-refractivity contribution in [3.8, 4) is 34.3 Å². The number of carboxylic acids is 1. The lowest BCUT2D eigenvalue weighted by Crippen LogP contribution is -2.00. The molecule has 0 radical (unpaired) electrons. The van der Waals surface area contributed by atoms with Gasteiger partial charge in [0.15, 0.2) is 0 Å². The highest BCUT2D eigenvalue weighted by atomic mass is 35.5. The first-order chi connectivity index (χ1) is 15.5. The fourth-order valence-corrected chi connectivity index (χ4v) is 3.64. The van der Waals surface area contributed by atoms with Gasteiger partial charge in [0.05, 0.1) is 21.6 Å². The third-order valence-electron chi connectivity index (χ3n) is 5.00. The lowest BCUT2D eigenvalue weighted by Gasteiger charge is -2.05. The Bertz CT molecular complexity index is 1450. The molecule has 0 amide bonds. The molecule has 9 nitrogen and oxygen atoms in total. The van der Waals surface area contributed by atoms with Crippen LogP contribution in [0.5, 0.6) is 11.8 Å². The Morgan fingerprint density at radius 2 is 1.84 bits per heavy atom. The SMILES string of the molecule is Cc1ccc(Oc2nc3cc(-c4ccc(-c5nn[nH]n5)cc4)c(Cl)cc3[nH]2)cc1C(=O)O. The zero-order chi connectivity index (χ0) is 22.2. The maximum absolute atomic E-state index is 11.4. The molecule has 0 aliphatic heterocycles. The number of imidazole rings is 1. The highest BCUT2D eigenvalue weighted by Gasteiger charge is 2.13. The predicted octanol–water partition coefficient (Wildman–Crippen LogP) is 4.86. The highest BCUT2D eigenvalue weighted by Crippen LogP contribution is 2.34. The summed E-state index contributed by atoms with van der Waals surface area (Å²) in [6.45, 7) is 1.73. The fraction of sp³-hybridized carbons (Fsp3) is 0.0455. The Labute approximate surface area is 186 Å². The van der Waals surface area contributed by atoms with Gasteiger partial charge in [0, 0.05) is 11.1 Å². The van der Waals surface area contributed by atoms with Crippen LogP contribution in [0, 0.1) is 6.92 Å². The van der Waals surface area contributed by atoms with E-state index >= 15 is 0 Å². The second-order valence-corrected chi connectivity index (χ2v) is 7.50. The van der Waals surface area contributed by atoms with Gasteiger partial charge in [-0.25, -0.2) is 4.79 Å². The zero-order valence-corrected chi connectivity index (χ0v) is 17.4. The summed E-state index contributed by atoms with van der Waals surface area (Å²) in [5.41, 5.74) is 4.72. The number of rotatable bonds is 5. The molecule has 2 heterocycles. The van der Waals surface area contributed by atoms with E-state index in [4.69, 9.17) is 16.3 Å². The first-order valence-corrected chi connectivity index (χ1v) is 9.91. The van der Waals surface area contributed by atoms with Crippen LogP contribution in [-0.4, -0.2) is 41.7 Å². The number of nitrogens with zero attached hydrogens (tertiary/aromatic N) is 4. The van der Waals surface area contributed by atoms with Gasteiger partial charge >= 0.3 is 5.97 Å². The summed E-state index contributed by atoms with van der Waals surface area (Å²) in [7, 11) is 0. The van der Waals surface area contributed by atoms with Crippen molar-refractivity contribution in [3.63, 3.8) is 0 Å². The van der Waals surface area contributed by atoms with Gasteiger partial charge < -0.3 is 14.8 Å². The molecule has 0 aliphatic carbocycles. The Morgan fingerprint density at radius 3 is 2.56 bits per heavy atom. The van der Waals surface area contributed by atoms with E-state index in [1.54, 1.807) is 25.1 Å². The third-order valence-corrected chi connectivity index (χ3v) is 5.32. The molecule has 0 aliphatic rings. The maximum atomic E-state index is 11.4. The first kappa shape index (κ1) is 19.7. The number of hydrogen-bond donors (Lipinski definition) is 3. The van der Waals surface area contributed by atoms with Gasteiger partial charge in [0.1, 0.15) is 5.75 Å². The molecule has 10 heteroatoms. The molecular formula is C22H15ClN6O3. The number of hydrogen-bond acceptors (Lipinski definition) is 6. The van der Waals surface area contributed by atoms with E-state index in [2.05, 4.69) is 30.6 Å². The second-order valence-electron chi connectivity index (χ2n) is 7.09. The normalized spacial score (nSPS) is 11.1. The van der Waals surface area contributed by atoms with Crippen LogP contribution in [0.25, 0.3) is 33.5 Å². The number of carboxylic acid groups (broad SMARTS) is 1. The molecular weight excluding hydrogens is 432 g/mol. The van der Waals surface area contributed by atoms with Crippen LogP contribution < -0.4 is 4.74 Å². The molecule has 0 saturated heterocycles. The average Bonchev–Trinajstić information content (AvgIpc) is 3.44. The number of tetrazole rings is 1. The summed E-state index contributed by atoms with van der Waals surface area (Å²) in [5, 5.41) is 23.8. The summed E-state index contributed by atoms with van der Waals surface area (Å²) < 4.78 is 5.76. The minimum Gasteiger partial charge on any atom is -0.478 e. The summed E-state index contributed by atoms with van der Waals surface area (Å²) in [5.74, 6) is -0.135. The minimum atomic E-state index is -1.01. The first-order valence-electron chi connectivity index (χ1n) is 9.53. The Balaban J connectivity index is 1.46. The number of ether oxygens (including phenoxy) is 1. The van der Waals surface area contributed by atoms with Crippen molar-refractivity contribution in [3.05, 3.63) is 70.7 Å². The number of nitrogens with one attached hydrogen (secondary N) is 2. The van der Waals surface area contributed by atoms with E-state index in [9.17, 15) is 9.90 Å². The molecule has 0 bridgehead atoms. The summed E-state index contributed by atoms with van der Waals surface area (Å²) in [6.07, 6.45) is 0. The van der Waals surface area contributed by atoms with Crippen LogP contribution in [-0.2, 0) is 0 Å². The highest BCUT2D eigenvalue weighted by molar-refractivity contribution is 6.34. The quantitative estimate of drug-likeness (QED) is 0.351. The van der Waals surface area contributed by atoms with E-state index in [1.165, 1.54) is 6.07 Å². The van der Waals surface area contributed by atoms with Crippen LogP contribution in [0.1, 0.15) is 15.9 Å². The summed E-state index contributed by atoms with van der Waals surface area (Å²) in [4.78, 5) is 18.9. The largest absolute Gasteiger partial charge is 0.478 e. The summed E-state index contributed by atoms with van der Waals surface area (Å²) >= 11 is 6.53. The molecule has 5 aromatic rings. The number of aryl methyl sites for hydroxylation is 1. The van der Waals surface area contributed by atoms with E-state index in [1.807, 2.05) is 30.3 Å². The van der Waals surface area contributed by atoms with Gasteiger partial charge in [-0.2, -0.15) is 10.2 Å². The van der Waals surface area contributed by atoms with Crippen LogP contribution in [0.15, 0.2) is 54.6 Å². The van der Waals surface area contributed by atoms with Crippen molar-refractivity contribution in [1.29, 1.82) is 0 Å². The molecule has 0 spiro atoms. The van der Waals surface area contributed by atoms with E-state index in [0.29, 0.717) is 33.2 Å². The van der Waals surface area contributed by atoms with Crippen molar-refractivity contribution < 1.29 is 14.6 Å². The van der Waals surface area contributed by atoms with Crippen molar-refractivity contribution >= 4 is 28.6 Å². The maximum Gasteiger partial charge on any atom is 0.336 e. The number of halogens is 1. The molecule has 0 atom stereocenters. The number of carbonyl (C=O) groups is 1. The van der Waals surface area contributed by atoms with Gasteiger partial charge in [0.2, 0.25) is 5.82 Å². The van der Waals surface area contributed by atoms with Crippen molar-refractivity contribution in [2.24, 2.45) is 0 Å². The molecule has 3 aromatic carbocycles. The second kappa shape index (κ2) is 7.78. The monoisotopic (exact) mass is 446 g/mol. The standard InChI is InChI=1S/C22H15ClN6O3/c1-11-2-7-14(8-15(11)21(30)31)32-22-24-18-9-16(17(23)10-19(18)25-22)12-3-5-13(6-4-12)20-26-28-29-27-20/h2-10H,1H3,(H,24,25)(H,30,31)(H,26,27,28,29). The molecule has 5 rings (SSSR count). The smallest absolute Gasteiger partial charge is 0.336 e. The van der Waals surface area contributed by atoms with Crippen LogP contribution >= 0.6 is 11.6 Å². The lowest BCUT2D eigenvalue weighted by molar-refractivity contribution is 0.0695. The molecule has 3 N–H and O–H groups in total. The number of H-pyrrole nitrogens is 2. The average molecular weight is 447 g/mol. The topological polar surface area (TPSA) is 130 Å². The molecule has 32 heavy (non-hydrogen) atoms. The van der Waals surface area contributed by atoms with Crippen LogP contribution in [0.4, 0.5) is 0 Å². The Kier molecular flexibility index (Phi) is 4.79. The number of aromatic carboxylic acids is 1. The van der Waals surface area contributed by atoms with Gasteiger partial charge in [0.25, 0.3) is 6.01 Å². The van der Waals surface area contributed by atoms with Gasteiger partial charge in [-0.1, -0.05) is 41.9 Å². The molecule has 0 fully saturated rings. The summed E-state index contributed by atoms with van der Waals surface area (Å²) in [6, 6.07) is 16.3. The van der Waals surface area contributed by atoms with Gasteiger partial charge in [-0.3, -0.25) is 0 Å². The lowest BCUT2D eigenvalue weighted by atomic mass is 10.0. The number of aromatic amines is 2. The molecule has 158 valence electrons. The number of fused-ring (bicyclic) bond motifs is 1. The van der Waals surface area contributed by atoms with Gasteiger partial charge in [-0.15, -0.1) is 10.2 Å². The van der Waals surface area contributed by atoms with E-state index in [0.717, 1.165) is 16.7 Å². The minimum absolute atomic E-state index is 0.174. The van der Waals surface area contributed by atoms with Crippen molar-refractivity contribution in [1.82, 2.24) is 30.6 Å². The molecule has 0 unspecified atom stereocenters. The van der Waals surface area contributed by atoms with Crippen LogP contribution in [0.2, 0.25) is 5.02 Å². The third kappa shape index (κ3) is 3.65. The van der Waals surface area contributed by atoms with Crippen molar-refractivity contribution in [2.75, 3.05) is 0 Å². The van der Waals surface area contributed by atoms with Gasteiger partial charge in [-0.05, 0) is 47.5 Å². The van der Waals surface area contributed by atoms with E-state index in [-0.39, 0.29) is 11.6 Å². The van der Waals surface area contributed by atoms with Crippen LogP contribution in [0.3, 0.4) is 0 Å². The van der Waals surface area contributed by atoms with E-state index < -0.39 is 5.97 Å². The molecule has 2 aromatic heterocycles. The Morgan fingerprint density at radius 1 is 1.06 bits per heavy atom. The van der Waals surface area contributed by atoms with Crippen molar-refractivity contribution in [2.45, 2.75) is 6.92 Å². The number of benzene rings is 3. The number of aromatic nitrogens is 6. The Hall–Kier alpha value is -4.24. The predicted molar refractivity (Wildman–Crippen MR) is 118 cm³/mol. The fourth-order valence-electron chi connectivity index (χ4n) is 3.37.